The van der Waals surface area contributed by atoms with Crippen molar-refractivity contribution in [2.24, 2.45) is 5.92 Å². The molecule has 6 nitrogen and oxygen atoms in total. The first-order chi connectivity index (χ1) is 9.54. The van der Waals surface area contributed by atoms with Crippen LogP contribution in [0.5, 0.6) is 0 Å². The molecule has 1 unspecified atom stereocenters. The fraction of sp³-hybridized carbons (Fsp3) is 0.615. The number of carbonyl (C=O) groups is 2. The maximum Gasteiger partial charge on any atom is 0.355 e. The van der Waals surface area contributed by atoms with Crippen molar-refractivity contribution in [3.8, 4) is 0 Å². The van der Waals surface area contributed by atoms with Gasteiger partial charge >= 0.3 is 5.97 Å². The highest BCUT2D eigenvalue weighted by atomic mass is 32.1. The molecule has 1 aliphatic rings. The number of methoxy groups -OCH3 is 1. The van der Waals surface area contributed by atoms with E-state index in [1.807, 2.05) is 6.92 Å². The topological polar surface area (TPSA) is 79.7 Å². The van der Waals surface area contributed by atoms with Gasteiger partial charge in [0, 0.05) is 25.1 Å². The predicted molar refractivity (Wildman–Crippen MR) is 74.2 cm³/mol. The smallest absolute Gasteiger partial charge is 0.355 e. The van der Waals surface area contributed by atoms with E-state index in [-0.39, 0.29) is 22.7 Å². The molecule has 1 fully saturated rings. The highest BCUT2D eigenvalue weighted by Crippen LogP contribution is 2.35. The summed E-state index contributed by atoms with van der Waals surface area (Å²) in [5, 5.41) is 10.5. The molecule has 1 amide bonds. The van der Waals surface area contributed by atoms with Crippen molar-refractivity contribution in [3.05, 3.63) is 16.1 Å². The highest BCUT2D eigenvalue weighted by Gasteiger charge is 2.35. The lowest BCUT2D eigenvalue weighted by atomic mass is 10.2. The van der Waals surface area contributed by atoms with Crippen molar-refractivity contribution in [3.63, 3.8) is 0 Å². The minimum Gasteiger partial charge on any atom is -0.476 e. The fourth-order valence-electron chi connectivity index (χ4n) is 2.11. The van der Waals surface area contributed by atoms with Crippen LogP contribution in [0.25, 0.3) is 0 Å². The van der Waals surface area contributed by atoms with E-state index in [9.17, 15) is 9.59 Å². The Balaban J connectivity index is 2.13. The lowest BCUT2D eigenvalue weighted by Gasteiger charge is -2.28. The van der Waals surface area contributed by atoms with Gasteiger partial charge < -0.3 is 14.7 Å². The third-order valence-corrected chi connectivity index (χ3v) is 4.33. The van der Waals surface area contributed by atoms with E-state index in [1.165, 1.54) is 5.38 Å². The van der Waals surface area contributed by atoms with Gasteiger partial charge in [-0.05, 0) is 25.7 Å². The number of amides is 1. The number of hydrogen-bond acceptors (Lipinski definition) is 5. The summed E-state index contributed by atoms with van der Waals surface area (Å²) in [6, 6.07) is 0.134. The minimum atomic E-state index is -1.11. The molecule has 0 saturated heterocycles. The number of aromatic carboxylic acids is 1. The Hall–Kier alpha value is -1.47. The van der Waals surface area contributed by atoms with Crippen molar-refractivity contribution in [1.29, 1.82) is 0 Å². The molecule has 1 saturated carbocycles. The van der Waals surface area contributed by atoms with Crippen LogP contribution in [0, 0.1) is 5.92 Å². The molecular formula is C13H18N2O4S. The van der Waals surface area contributed by atoms with Crippen molar-refractivity contribution in [2.75, 3.05) is 20.3 Å². The lowest BCUT2D eigenvalue weighted by molar-refractivity contribution is 0.0594. The quantitative estimate of drug-likeness (QED) is 0.829. The highest BCUT2D eigenvalue weighted by molar-refractivity contribution is 7.11. The largest absolute Gasteiger partial charge is 0.476 e. The average Bonchev–Trinajstić information content (AvgIpc) is 3.15. The number of carboxylic acid groups (broad SMARTS) is 1. The van der Waals surface area contributed by atoms with Crippen LogP contribution in [-0.2, 0) is 4.74 Å². The van der Waals surface area contributed by atoms with Crippen molar-refractivity contribution < 1.29 is 19.4 Å². The molecule has 1 aromatic heterocycles. The molecule has 1 atom stereocenters. The van der Waals surface area contributed by atoms with Gasteiger partial charge in [-0.25, -0.2) is 9.78 Å². The molecule has 0 bridgehead atoms. The second-order valence-electron chi connectivity index (χ2n) is 4.91. The summed E-state index contributed by atoms with van der Waals surface area (Å²) in [5.41, 5.74) is -0.0795. The molecule has 1 heterocycles. The first-order valence-corrected chi connectivity index (χ1v) is 7.41. The summed E-state index contributed by atoms with van der Waals surface area (Å²) in [5.74, 6) is -0.785. The van der Waals surface area contributed by atoms with Crippen LogP contribution < -0.4 is 0 Å². The summed E-state index contributed by atoms with van der Waals surface area (Å²) in [7, 11) is 1.59. The number of carboxylic acids is 1. The number of aromatic nitrogens is 1. The number of ether oxygens (including phenoxy) is 1. The predicted octanol–water partition coefficient (Wildman–Crippen LogP) is 1.73. The normalized spacial score (nSPS) is 15.9. The second-order valence-corrected chi connectivity index (χ2v) is 5.77. The Morgan fingerprint density at radius 3 is 2.80 bits per heavy atom. The summed E-state index contributed by atoms with van der Waals surface area (Å²) in [6.45, 7) is 2.98. The van der Waals surface area contributed by atoms with E-state index in [0.29, 0.717) is 19.1 Å². The van der Waals surface area contributed by atoms with Crippen molar-refractivity contribution in [1.82, 2.24) is 9.88 Å². The third-order valence-electron chi connectivity index (χ3n) is 3.50. The molecule has 0 radical (unpaired) electrons. The SMILES string of the molecule is COCCN(C(=O)c1nc(C(=O)O)cs1)C(C)C1CC1. The van der Waals surface area contributed by atoms with Gasteiger partial charge in [0.05, 0.1) is 6.61 Å². The fourth-order valence-corrected chi connectivity index (χ4v) is 2.85. The monoisotopic (exact) mass is 298 g/mol. The van der Waals surface area contributed by atoms with Crippen molar-refractivity contribution >= 4 is 23.2 Å². The third kappa shape index (κ3) is 3.34. The van der Waals surface area contributed by atoms with E-state index >= 15 is 0 Å². The molecule has 7 heteroatoms. The molecule has 110 valence electrons. The zero-order chi connectivity index (χ0) is 14.7. The Labute approximate surface area is 121 Å². The van der Waals surface area contributed by atoms with Gasteiger partial charge in [0.25, 0.3) is 5.91 Å². The van der Waals surface area contributed by atoms with E-state index < -0.39 is 5.97 Å². The number of nitrogens with zero attached hydrogens (tertiary/aromatic N) is 2. The van der Waals surface area contributed by atoms with Gasteiger partial charge in [0.2, 0.25) is 0 Å². The molecule has 2 rings (SSSR count). The van der Waals surface area contributed by atoms with Crippen LogP contribution in [0.4, 0.5) is 0 Å². The van der Waals surface area contributed by atoms with Crippen LogP contribution in [0.2, 0.25) is 0 Å². The maximum atomic E-state index is 12.5. The molecular weight excluding hydrogens is 280 g/mol. The Morgan fingerprint density at radius 2 is 2.30 bits per heavy atom. The van der Waals surface area contributed by atoms with Gasteiger partial charge in [-0.1, -0.05) is 0 Å². The van der Waals surface area contributed by atoms with Gasteiger partial charge in [-0.2, -0.15) is 0 Å². The maximum absolute atomic E-state index is 12.5. The van der Waals surface area contributed by atoms with Crippen LogP contribution >= 0.6 is 11.3 Å². The molecule has 20 heavy (non-hydrogen) atoms. The molecule has 0 spiro atoms. The van der Waals surface area contributed by atoms with E-state index in [2.05, 4.69) is 4.98 Å². The molecule has 1 N–H and O–H groups in total. The minimum absolute atomic E-state index is 0.0795. The number of rotatable bonds is 7. The van der Waals surface area contributed by atoms with Gasteiger partial charge in [-0.15, -0.1) is 11.3 Å². The summed E-state index contributed by atoms with van der Waals surface area (Å²) >= 11 is 1.07. The average molecular weight is 298 g/mol. The molecule has 0 aliphatic heterocycles. The van der Waals surface area contributed by atoms with Crippen LogP contribution in [0.3, 0.4) is 0 Å². The molecule has 1 aromatic rings. The summed E-state index contributed by atoms with van der Waals surface area (Å²) in [6.07, 6.45) is 2.27. The number of carbonyl (C=O) groups excluding carboxylic acids is 1. The van der Waals surface area contributed by atoms with Gasteiger partial charge in [0.15, 0.2) is 10.7 Å². The van der Waals surface area contributed by atoms with Gasteiger partial charge in [-0.3, -0.25) is 4.79 Å². The lowest BCUT2D eigenvalue weighted by Crippen LogP contribution is -2.42. The zero-order valence-electron chi connectivity index (χ0n) is 11.5. The first kappa shape index (κ1) is 14.9. The zero-order valence-corrected chi connectivity index (χ0v) is 12.4. The number of thiazole rings is 1. The van der Waals surface area contributed by atoms with E-state index in [4.69, 9.17) is 9.84 Å². The Kier molecular flexibility index (Phi) is 4.72. The summed E-state index contributed by atoms with van der Waals surface area (Å²) in [4.78, 5) is 28.9. The number of hydrogen-bond donors (Lipinski definition) is 1. The Bertz CT molecular complexity index is 498. The van der Waals surface area contributed by atoms with Crippen LogP contribution in [0.15, 0.2) is 5.38 Å². The first-order valence-electron chi connectivity index (χ1n) is 6.53. The van der Waals surface area contributed by atoms with E-state index in [1.54, 1.807) is 12.0 Å². The Morgan fingerprint density at radius 1 is 1.60 bits per heavy atom. The van der Waals surface area contributed by atoms with Crippen molar-refractivity contribution in [2.45, 2.75) is 25.8 Å². The second kappa shape index (κ2) is 6.32. The van der Waals surface area contributed by atoms with E-state index in [0.717, 1.165) is 24.2 Å². The van der Waals surface area contributed by atoms with Crippen LogP contribution in [-0.4, -0.2) is 53.2 Å². The standard InChI is InChI=1S/C13H18N2O4S/c1-8(9-3-4-9)15(5-6-19-2)12(16)11-14-10(7-20-11)13(17)18/h7-9H,3-6H2,1-2H3,(H,17,18). The summed E-state index contributed by atoms with van der Waals surface area (Å²) < 4.78 is 5.05. The van der Waals surface area contributed by atoms with Gasteiger partial charge in [0.1, 0.15) is 0 Å². The van der Waals surface area contributed by atoms with Crippen LogP contribution in [0.1, 0.15) is 40.1 Å². The molecule has 0 aromatic carbocycles. The molecule has 1 aliphatic carbocycles.